The number of likely N-dealkylation sites (tertiary alicyclic amines) is 1. The number of esters is 1. The van der Waals surface area contributed by atoms with Crippen molar-refractivity contribution in [1.82, 2.24) is 4.90 Å². The molecule has 0 spiro atoms. The molecule has 2 saturated carbocycles. The van der Waals surface area contributed by atoms with Crippen LogP contribution in [0.4, 0.5) is 0 Å². The van der Waals surface area contributed by atoms with E-state index in [4.69, 9.17) is 4.74 Å². The fourth-order valence-corrected chi connectivity index (χ4v) is 5.57. The minimum absolute atomic E-state index is 0.0281. The van der Waals surface area contributed by atoms with E-state index >= 15 is 0 Å². The Hall–Kier alpha value is -2.43. The van der Waals surface area contributed by atoms with Gasteiger partial charge in [-0.05, 0) is 55.1 Å². The van der Waals surface area contributed by atoms with Crippen molar-refractivity contribution in [1.29, 1.82) is 0 Å². The number of rotatable bonds is 4. The molecule has 4 aliphatic carbocycles. The Morgan fingerprint density at radius 1 is 1.04 bits per heavy atom. The topological polar surface area (TPSA) is 63.7 Å². The van der Waals surface area contributed by atoms with Gasteiger partial charge in [-0.3, -0.25) is 19.3 Å². The van der Waals surface area contributed by atoms with Gasteiger partial charge in [0.05, 0.1) is 18.3 Å². The quantitative estimate of drug-likeness (QED) is 0.356. The second kappa shape index (κ2) is 5.78. The number of carbonyl (C=O) groups excluding carboxylic acids is 3. The fourth-order valence-electron chi connectivity index (χ4n) is 5.57. The van der Waals surface area contributed by atoms with E-state index in [1.54, 1.807) is 0 Å². The summed E-state index contributed by atoms with van der Waals surface area (Å²) in [5, 5.41) is 0. The monoisotopic (exact) mass is 365 g/mol. The van der Waals surface area contributed by atoms with Crippen LogP contribution in [0.15, 0.2) is 30.4 Å². The lowest BCUT2D eigenvalue weighted by atomic mass is 9.63. The molecule has 1 heterocycles. The van der Waals surface area contributed by atoms with Crippen LogP contribution in [-0.4, -0.2) is 29.2 Å². The van der Waals surface area contributed by atoms with E-state index in [1.165, 1.54) is 4.90 Å². The number of nitrogens with zero attached hydrogens (tertiary/aromatic N) is 1. The zero-order valence-corrected chi connectivity index (χ0v) is 15.6. The first-order chi connectivity index (χ1) is 13.0. The van der Waals surface area contributed by atoms with Gasteiger partial charge in [-0.2, -0.15) is 0 Å². The maximum Gasteiger partial charge on any atom is 0.313 e. The summed E-state index contributed by atoms with van der Waals surface area (Å²) in [6, 6.07) is 5.70. The summed E-state index contributed by atoms with van der Waals surface area (Å²) in [6.45, 7) is 3.90. The molecule has 1 aromatic rings. The van der Waals surface area contributed by atoms with Crippen LogP contribution in [0.1, 0.15) is 24.0 Å². The highest BCUT2D eigenvalue weighted by atomic mass is 16.5. The van der Waals surface area contributed by atoms with Gasteiger partial charge in [-0.25, -0.2) is 0 Å². The van der Waals surface area contributed by atoms with Gasteiger partial charge in [0.15, 0.2) is 0 Å². The highest BCUT2D eigenvalue weighted by Crippen LogP contribution is 2.65. The highest BCUT2D eigenvalue weighted by molar-refractivity contribution is 6.06. The summed E-state index contributed by atoms with van der Waals surface area (Å²) < 4.78 is 5.50. The third-order valence-corrected chi connectivity index (χ3v) is 6.92. The molecule has 5 aliphatic rings. The summed E-state index contributed by atoms with van der Waals surface area (Å²) in [5.41, 5.74) is 1.79. The minimum atomic E-state index is -0.410. The Balaban J connectivity index is 1.26. The predicted octanol–water partition coefficient (Wildman–Crippen LogP) is 2.65. The number of hydrogen-bond acceptors (Lipinski definition) is 4. The predicted molar refractivity (Wildman–Crippen MR) is 97.6 cm³/mol. The van der Waals surface area contributed by atoms with Crippen molar-refractivity contribution in [3.8, 4) is 5.75 Å². The standard InChI is InChI=1S/C22H23NO4/c1-11-4-3-5-12(2)20(11)27-17(24)8-9-23-21(25)18-13-6-7-14(16-10-15(13)16)19(18)22(23)26/h3-7,13-16,18-19H,8-10H2,1-2H3/t13-,14+,15-,16-,18+,19-/m1/s1. The van der Waals surface area contributed by atoms with E-state index in [-0.39, 0.29) is 48.5 Å². The molecule has 1 aliphatic heterocycles. The first-order valence-electron chi connectivity index (χ1n) is 9.78. The Kier molecular flexibility index (Phi) is 3.58. The van der Waals surface area contributed by atoms with Crippen LogP contribution in [0.3, 0.4) is 0 Å². The zero-order valence-electron chi connectivity index (χ0n) is 15.6. The van der Waals surface area contributed by atoms with Crippen LogP contribution in [-0.2, 0) is 14.4 Å². The normalized spacial score (nSPS) is 35.3. The third kappa shape index (κ3) is 2.40. The Morgan fingerprint density at radius 2 is 1.59 bits per heavy atom. The first-order valence-corrected chi connectivity index (χ1v) is 9.78. The van der Waals surface area contributed by atoms with Gasteiger partial charge in [0.1, 0.15) is 5.75 Å². The third-order valence-electron chi connectivity index (χ3n) is 6.92. The molecule has 0 aromatic heterocycles. The smallest absolute Gasteiger partial charge is 0.313 e. The van der Waals surface area contributed by atoms with Gasteiger partial charge in [0, 0.05) is 6.54 Å². The Bertz CT molecular complexity index is 832. The zero-order chi connectivity index (χ0) is 18.9. The van der Waals surface area contributed by atoms with Crippen LogP contribution in [0, 0.1) is 49.4 Å². The average Bonchev–Trinajstić information content (AvgIpc) is 3.42. The number of amides is 2. The Labute approximate surface area is 158 Å². The first kappa shape index (κ1) is 16.7. The van der Waals surface area contributed by atoms with E-state index in [0.717, 1.165) is 17.5 Å². The highest BCUT2D eigenvalue weighted by Gasteiger charge is 2.66. The molecule has 2 amide bonds. The molecule has 27 heavy (non-hydrogen) atoms. The van der Waals surface area contributed by atoms with Gasteiger partial charge < -0.3 is 4.74 Å². The summed E-state index contributed by atoms with van der Waals surface area (Å²) in [6.07, 6.45) is 5.49. The van der Waals surface area contributed by atoms with E-state index in [2.05, 4.69) is 12.2 Å². The van der Waals surface area contributed by atoms with Crippen LogP contribution in [0.25, 0.3) is 0 Å². The Morgan fingerprint density at radius 3 is 2.15 bits per heavy atom. The fraction of sp³-hybridized carbons (Fsp3) is 0.500. The number of carbonyl (C=O) groups is 3. The number of benzene rings is 1. The summed E-state index contributed by atoms with van der Waals surface area (Å²) in [7, 11) is 0. The van der Waals surface area contributed by atoms with Crippen LogP contribution < -0.4 is 4.74 Å². The molecule has 0 N–H and O–H groups in total. The summed E-state index contributed by atoms with van der Waals surface area (Å²) >= 11 is 0. The molecule has 5 nitrogen and oxygen atoms in total. The molecule has 0 unspecified atom stereocenters. The molecule has 6 atom stereocenters. The summed E-state index contributed by atoms with van der Waals surface area (Å²) in [4.78, 5) is 39.4. The number of hydrogen-bond donors (Lipinski definition) is 0. The largest absolute Gasteiger partial charge is 0.426 e. The maximum absolute atomic E-state index is 12.9. The van der Waals surface area contributed by atoms with Crippen LogP contribution in [0.2, 0.25) is 0 Å². The molecule has 1 saturated heterocycles. The lowest BCUT2D eigenvalue weighted by Gasteiger charge is -2.37. The molecule has 140 valence electrons. The lowest BCUT2D eigenvalue weighted by molar-refractivity contribution is -0.141. The van der Waals surface area contributed by atoms with Gasteiger partial charge >= 0.3 is 5.97 Å². The number of ether oxygens (including phenoxy) is 1. The molecule has 0 radical (unpaired) electrons. The SMILES string of the molecule is Cc1cccc(C)c1OC(=O)CCN1C(=O)[C@@H]2[C@H]3C=C[C@H]([C@H]4C[C@H]34)[C@@H]2C1=O. The van der Waals surface area contributed by atoms with Gasteiger partial charge in [-0.1, -0.05) is 30.4 Å². The van der Waals surface area contributed by atoms with E-state index in [1.807, 2.05) is 32.0 Å². The van der Waals surface area contributed by atoms with Crippen molar-refractivity contribution in [3.05, 3.63) is 41.5 Å². The van der Waals surface area contributed by atoms with E-state index < -0.39 is 5.97 Å². The van der Waals surface area contributed by atoms with Gasteiger partial charge in [-0.15, -0.1) is 0 Å². The number of para-hydroxylation sites is 1. The average molecular weight is 365 g/mol. The molecular formula is C22H23NO4. The second-order valence-corrected chi connectivity index (χ2v) is 8.43. The van der Waals surface area contributed by atoms with Crippen LogP contribution in [0.5, 0.6) is 5.75 Å². The van der Waals surface area contributed by atoms with Crippen molar-refractivity contribution >= 4 is 17.8 Å². The number of allylic oxidation sites excluding steroid dienone is 2. The van der Waals surface area contributed by atoms with Crippen molar-refractivity contribution in [2.75, 3.05) is 6.54 Å². The van der Waals surface area contributed by atoms with Gasteiger partial charge in [0.2, 0.25) is 11.8 Å². The van der Waals surface area contributed by atoms with Crippen molar-refractivity contribution in [2.45, 2.75) is 26.7 Å². The van der Waals surface area contributed by atoms with E-state index in [9.17, 15) is 14.4 Å². The molecule has 3 fully saturated rings. The van der Waals surface area contributed by atoms with Gasteiger partial charge in [0.25, 0.3) is 0 Å². The second-order valence-electron chi connectivity index (χ2n) is 8.43. The van der Waals surface area contributed by atoms with E-state index in [0.29, 0.717) is 17.6 Å². The summed E-state index contributed by atoms with van der Waals surface area (Å²) in [5.74, 6) is 1.19. The minimum Gasteiger partial charge on any atom is -0.426 e. The number of aryl methyl sites for hydroxylation is 2. The van der Waals surface area contributed by atoms with Crippen LogP contribution >= 0.6 is 0 Å². The number of imide groups is 1. The van der Waals surface area contributed by atoms with Crippen molar-refractivity contribution in [3.63, 3.8) is 0 Å². The molecule has 6 rings (SSSR count). The lowest BCUT2D eigenvalue weighted by Crippen LogP contribution is -2.40. The molecule has 1 aromatic carbocycles. The van der Waals surface area contributed by atoms with Crippen molar-refractivity contribution in [2.24, 2.45) is 35.5 Å². The molecule has 5 heteroatoms. The maximum atomic E-state index is 12.9. The molecule has 2 bridgehead atoms. The molecular weight excluding hydrogens is 342 g/mol. The van der Waals surface area contributed by atoms with Crippen molar-refractivity contribution < 1.29 is 19.1 Å².